The number of hydrogen-bond donors (Lipinski definition) is 1. The highest BCUT2D eigenvalue weighted by atomic mass is 16.5. The molecule has 0 bridgehead atoms. The highest BCUT2D eigenvalue weighted by Gasteiger charge is 2.06. The maximum Gasteiger partial charge on any atom is 0.254 e. The van der Waals surface area contributed by atoms with Crippen molar-refractivity contribution < 1.29 is 9.47 Å². The van der Waals surface area contributed by atoms with Crippen molar-refractivity contribution in [2.45, 2.75) is 6.42 Å². The number of nitrogens with one attached hydrogen (secondary N) is 1. The van der Waals surface area contributed by atoms with Crippen molar-refractivity contribution >= 4 is 0 Å². The van der Waals surface area contributed by atoms with E-state index in [1.54, 1.807) is 20.4 Å². The summed E-state index contributed by atoms with van der Waals surface area (Å²) in [5, 5.41) is 0. The van der Waals surface area contributed by atoms with Crippen molar-refractivity contribution in [1.82, 2.24) is 9.97 Å². The zero-order chi connectivity index (χ0) is 13.0. The molecule has 0 radical (unpaired) electrons. The lowest BCUT2D eigenvalue weighted by Crippen LogP contribution is -2.12. The van der Waals surface area contributed by atoms with Crippen LogP contribution in [-0.2, 0) is 6.42 Å². The fourth-order valence-corrected chi connectivity index (χ4v) is 1.71. The van der Waals surface area contributed by atoms with Gasteiger partial charge in [-0.25, -0.2) is 4.98 Å². The molecule has 0 atom stereocenters. The molecule has 1 aromatic heterocycles. The third-order valence-electron chi connectivity index (χ3n) is 2.63. The van der Waals surface area contributed by atoms with E-state index in [2.05, 4.69) is 9.97 Å². The van der Waals surface area contributed by atoms with Crippen LogP contribution in [0.5, 0.6) is 11.5 Å². The second-order valence-corrected chi connectivity index (χ2v) is 3.77. The Kier molecular flexibility index (Phi) is 3.62. The average Bonchev–Trinajstić information content (AvgIpc) is 2.41. The van der Waals surface area contributed by atoms with E-state index in [9.17, 15) is 4.79 Å². The standard InChI is InChI=1S/C13H14N2O3/c1-17-11-4-3-9(6-12(11)18-2)5-10-7-14-8-15-13(10)16/h3-4,6-8H,5H2,1-2H3,(H,14,15,16). The van der Waals surface area contributed by atoms with Crippen LogP contribution in [0.2, 0.25) is 0 Å². The van der Waals surface area contributed by atoms with Gasteiger partial charge in [-0.3, -0.25) is 4.79 Å². The normalized spacial score (nSPS) is 10.1. The zero-order valence-corrected chi connectivity index (χ0v) is 10.3. The lowest BCUT2D eigenvalue weighted by Gasteiger charge is -2.09. The topological polar surface area (TPSA) is 64.2 Å². The molecule has 0 saturated carbocycles. The Labute approximate surface area is 104 Å². The van der Waals surface area contributed by atoms with Crippen molar-refractivity contribution in [3.63, 3.8) is 0 Å². The van der Waals surface area contributed by atoms with Crippen LogP contribution in [0, 0.1) is 0 Å². The van der Waals surface area contributed by atoms with Gasteiger partial charge in [0.15, 0.2) is 11.5 Å². The molecular weight excluding hydrogens is 232 g/mol. The van der Waals surface area contributed by atoms with Crippen LogP contribution in [0.1, 0.15) is 11.1 Å². The van der Waals surface area contributed by atoms with Crippen LogP contribution in [0.25, 0.3) is 0 Å². The monoisotopic (exact) mass is 246 g/mol. The number of benzene rings is 1. The summed E-state index contributed by atoms with van der Waals surface area (Å²) in [5.41, 5.74) is 1.45. The van der Waals surface area contributed by atoms with Crippen molar-refractivity contribution in [2.24, 2.45) is 0 Å². The summed E-state index contributed by atoms with van der Waals surface area (Å²) in [5.74, 6) is 1.32. The predicted octanol–water partition coefficient (Wildman–Crippen LogP) is 1.38. The van der Waals surface area contributed by atoms with Crippen LogP contribution in [0.3, 0.4) is 0 Å². The first-order chi connectivity index (χ1) is 8.74. The van der Waals surface area contributed by atoms with E-state index in [-0.39, 0.29) is 5.56 Å². The average molecular weight is 246 g/mol. The van der Waals surface area contributed by atoms with Crippen LogP contribution >= 0.6 is 0 Å². The minimum absolute atomic E-state index is 0.125. The molecule has 1 heterocycles. The molecule has 0 aliphatic carbocycles. The fourth-order valence-electron chi connectivity index (χ4n) is 1.71. The Bertz CT molecular complexity index is 593. The molecule has 0 fully saturated rings. The molecule has 0 aliphatic rings. The van der Waals surface area contributed by atoms with Crippen molar-refractivity contribution in [2.75, 3.05) is 14.2 Å². The maximum atomic E-state index is 11.5. The van der Waals surface area contributed by atoms with Crippen LogP contribution in [0.4, 0.5) is 0 Å². The molecular formula is C13H14N2O3. The second kappa shape index (κ2) is 5.35. The number of nitrogens with zero attached hydrogens (tertiary/aromatic N) is 1. The predicted molar refractivity (Wildman–Crippen MR) is 67.2 cm³/mol. The van der Waals surface area contributed by atoms with E-state index < -0.39 is 0 Å². The molecule has 1 aromatic carbocycles. The number of ether oxygens (including phenoxy) is 2. The largest absolute Gasteiger partial charge is 0.493 e. The molecule has 5 heteroatoms. The summed E-state index contributed by atoms with van der Waals surface area (Å²) < 4.78 is 10.4. The Morgan fingerprint density at radius 1 is 1.22 bits per heavy atom. The number of methoxy groups -OCH3 is 2. The van der Waals surface area contributed by atoms with E-state index >= 15 is 0 Å². The van der Waals surface area contributed by atoms with E-state index in [1.165, 1.54) is 6.33 Å². The molecule has 1 N–H and O–H groups in total. The van der Waals surface area contributed by atoms with E-state index in [4.69, 9.17) is 9.47 Å². The molecule has 18 heavy (non-hydrogen) atoms. The fraction of sp³-hybridized carbons (Fsp3) is 0.231. The van der Waals surface area contributed by atoms with Gasteiger partial charge in [-0.15, -0.1) is 0 Å². The Morgan fingerprint density at radius 3 is 2.67 bits per heavy atom. The minimum atomic E-state index is -0.125. The molecule has 0 unspecified atom stereocenters. The third kappa shape index (κ3) is 2.51. The molecule has 2 aromatic rings. The molecule has 94 valence electrons. The van der Waals surface area contributed by atoms with Gasteiger partial charge in [-0.2, -0.15) is 0 Å². The van der Waals surface area contributed by atoms with Gasteiger partial charge >= 0.3 is 0 Å². The molecule has 5 nitrogen and oxygen atoms in total. The maximum absolute atomic E-state index is 11.5. The number of aromatic nitrogens is 2. The highest BCUT2D eigenvalue weighted by molar-refractivity contribution is 5.43. The van der Waals surface area contributed by atoms with Gasteiger partial charge in [0.05, 0.1) is 20.5 Å². The lowest BCUT2D eigenvalue weighted by molar-refractivity contribution is 0.354. The summed E-state index contributed by atoms with van der Waals surface area (Å²) in [4.78, 5) is 18.0. The summed E-state index contributed by atoms with van der Waals surface area (Å²) in [6.07, 6.45) is 3.44. The van der Waals surface area contributed by atoms with Crippen LogP contribution < -0.4 is 15.0 Å². The van der Waals surface area contributed by atoms with E-state index in [0.717, 1.165) is 5.56 Å². The number of hydrogen-bond acceptors (Lipinski definition) is 4. The lowest BCUT2D eigenvalue weighted by atomic mass is 10.1. The Hall–Kier alpha value is -2.30. The van der Waals surface area contributed by atoms with Crippen LogP contribution in [0.15, 0.2) is 35.5 Å². The van der Waals surface area contributed by atoms with Gasteiger partial charge in [-0.05, 0) is 17.7 Å². The first kappa shape index (κ1) is 12.2. The molecule has 0 amide bonds. The van der Waals surface area contributed by atoms with Crippen molar-refractivity contribution in [3.05, 3.63) is 52.2 Å². The first-order valence-corrected chi connectivity index (χ1v) is 5.47. The number of aromatic amines is 1. The smallest absolute Gasteiger partial charge is 0.254 e. The summed E-state index contributed by atoms with van der Waals surface area (Å²) in [7, 11) is 3.17. The molecule has 0 spiro atoms. The van der Waals surface area contributed by atoms with Crippen molar-refractivity contribution in [3.8, 4) is 11.5 Å². The zero-order valence-electron chi connectivity index (χ0n) is 10.3. The van der Waals surface area contributed by atoms with Gasteiger partial charge in [0.1, 0.15) is 0 Å². The SMILES string of the molecule is COc1ccc(Cc2cnc[nH]c2=O)cc1OC. The Balaban J connectivity index is 2.30. The van der Waals surface area contributed by atoms with Gasteiger partial charge < -0.3 is 14.5 Å². The molecule has 0 aliphatic heterocycles. The van der Waals surface area contributed by atoms with Gasteiger partial charge in [0.25, 0.3) is 5.56 Å². The summed E-state index contributed by atoms with van der Waals surface area (Å²) in [6.45, 7) is 0. The van der Waals surface area contributed by atoms with Gasteiger partial charge in [0.2, 0.25) is 0 Å². The minimum Gasteiger partial charge on any atom is -0.493 e. The third-order valence-corrected chi connectivity index (χ3v) is 2.63. The Morgan fingerprint density at radius 2 is 2.00 bits per heavy atom. The van der Waals surface area contributed by atoms with Crippen LogP contribution in [-0.4, -0.2) is 24.2 Å². The molecule has 0 saturated heterocycles. The number of H-pyrrole nitrogens is 1. The first-order valence-electron chi connectivity index (χ1n) is 5.47. The quantitative estimate of drug-likeness (QED) is 0.885. The summed E-state index contributed by atoms with van der Waals surface area (Å²) in [6, 6.07) is 5.57. The van der Waals surface area contributed by atoms with Gasteiger partial charge in [-0.1, -0.05) is 6.07 Å². The summed E-state index contributed by atoms with van der Waals surface area (Å²) >= 11 is 0. The van der Waals surface area contributed by atoms with Crippen molar-refractivity contribution in [1.29, 1.82) is 0 Å². The van der Waals surface area contributed by atoms with Gasteiger partial charge in [0, 0.05) is 18.2 Å². The number of rotatable bonds is 4. The van der Waals surface area contributed by atoms with E-state index in [0.29, 0.717) is 23.5 Å². The highest BCUT2D eigenvalue weighted by Crippen LogP contribution is 2.28. The second-order valence-electron chi connectivity index (χ2n) is 3.77. The van der Waals surface area contributed by atoms with E-state index in [1.807, 2.05) is 18.2 Å². The molecule has 2 rings (SSSR count).